The molecule has 0 aliphatic rings. The first kappa shape index (κ1) is 10.8. The second-order valence-corrected chi connectivity index (χ2v) is 3.33. The van der Waals surface area contributed by atoms with Crippen LogP contribution >= 0.6 is 11.6 Å². The Hall–Kier alpha value is -1.28. The second-order valence-electron chi connectivity index (χ2n) is 2.90. The maximum absolute atomic E-state index is 10.8. The van der Waals surface area contributed by atoms with Gasteiger partial charge in [-0.05, 0) is 11.1 Å². The van der Waals surface area contributed by atoms with Gasteiger partial charge in [0.1, 0.15) is 5.50 Å². The van der Waals surface area contributed by atoms with Crippen molar-refractivity contribution in [2.75, 3.05) is 0 Å². The normalized spacial score (nSPS) is 11.9. The number of alkyl halides is 1. The van der Waals surface area contributed by atoms with Crippen LogP contribution in [0, 0.1) is 0 Å². The highest BCUT2D eigenvalue weighted by atomic mass is 35.5. The molecule has 0 saturated carbocycles. The Bertz CT molecular complexity index is 349. The van der Waals surface area contributed by atoms with E-state index in [-0.39, 0.29) is 5.91 Å². The SMILES string of the molecule is C=Cc1ccccc1C(Cl)NC(C)=O. The van der Waals surface area contributed by atoms with E-state index in [2.05, 4.69) is 11.9 Å². The summed E-state index contributed by atoms with van der Waals surface area (Å²) in [5.41, 5.74) is 1.29. The van der Waals surface area contributed by atoms with E-state index in [0.717, 1.165) is 11.1 Å². The average molecular weight is 210 g/mol. The summed E-state index contributed by atoms with van der Waals surface area (Å²) in [4.78, 5) is 10.8. The summed E-state index contributed by atoms with van der Waals surface area (Å²) in [5, 5.41) is 2.61. The molecule has 1 atom stereocenters. The van der Waals surface area contributed by atoms with Crippen molar-refractivity contribution in [1.82, 2.24) is 5.32 Å². The number of hydrogen-bond acceptors (Lipinski definition) is 1. The molecule has 0 saturated heterocycles. The molecule has 1 rings (SSSR count). The minimum Gasteiger partial charge on any atom is -0.336 e. The van der Waals surface area contributed by atoms with Crippen LogP contribution in [0.1, 0.15) is 23.6 Å². The van der Waals surface area contributed by atoms with Crippen LogP contribution in [-0.4, -0.2) is 5.91 Å². The van der Waals surface area contributed by atoms with Crippen molar-refractivity contribution in [2.24, 2.45) is 0 Å². The van der Waals surface area contributed by atoms with Crippen molar-refractivity contribution in [3.8, 4) is 0 Å². The number of nitrogens with one attached hydrogen (secondary N) is 1. The van der Waals surface area contributed by atoms with Crippen LogP contribution in [0.3, 0.4) is 0 Å². The van der Waals surface area contributed by atoms with Gasteiger partial charge in [-0.15, -0.1) is 0 Å². The standard InChI is InChI=1S/C11H12ClNO/c1-3-9-6-4-5-7-10(9)11(12)13-8(2)14/h3-7,11H,1H2,2H3,(H,13,14). The molecule has 14 heavy (non-hydrogen) atoms. The van der Waals surface area contributed by atoms with Gasteiger partial charge in [0.25, 0.3) is 0 Å². The van der Waals surface area contributed by atoms with Crippen LogP contribution in [0.4, 0.5) is 0 Å². The van der Waals surface area contributed by atoms with Crippen LogP contribution < -0.4 is 5.32 Å². The summed E-state index contributed by atoms with van der Waals surface area (Å²) in [5.74, 6) is -0.149. The van der Waals surface area contributed by atoms with Crippen LogP contribution in [0.5, 0.6) is 0 Å². The molecular formula is C11H12ClNO. The average Bonchev–Trinajstić information content (AvgIpc) is 2.16. The highest BCUT2D eigenvalue weighted by Gasteiger charge is 2.10. The summed E-state index contributed by atoms with van der Waals surface area (Å²) in [6.45, 7) is 5.12. The predicted molar refractivity (Wildman–Crippen MR) is 58.9 cm³/mol. The predicted octanol–water partition coefficient (Wildman–Crippen LogP) is 2.70. The molecule has 0 spiro atoms. The fourth-order valence-electron chi connectivity index (χ4n) is 1.18. The van der Waals surface area contributed by atoms with Gasteiger partial charge in [-0.1, -0.05) is 48.5 Å². The molecule has 0 aromatic heterocycles. The second kappa shape index (κ2) is 4.82. The maximum atomic E-state index is 10.8. The first-order chi connectivity index (χ1) is 6.65. The summed E-state index contributed by atoms with van der Waals surface area (Å²) < 4.78 is 0. The Morgan fingerprint density at radius 3 is 2.79 bits per heavy atom. The van der Waals surface area contributed by atoms with Crippen LogP contribution in [-0.2, 0) is 4.79 Å². The van der Waals surface area contributed by atoms with Gasteiger partial charge in [0, 0.05) is 6.92 Å². The zero-order chi connectivity index (χ0) is 10.6. The number of carbonyl (C=O) groups is 1. The molecule has 2 nitrogen and oxygen atoms in total. The topological polar surface area (TPSA) is 29.1 Å². The van der Waals surface area contributed by atoms with Crippen molar-refractivity contribution in [1.29, 1.82) is 0 Å². The number of hydrogen-bond donors (Lipinski definition) is 1. The number of amides is 1. The van der Waals surface area contributed by atoms with Gasteiger partial charge in [-0.3, -0.25) is 4.79 Å². The van der Waals surface area contributed by atoms with Crippen molar-refractivity contribution >= 4 is 23.6 Å². The molecule has 1 N–H and O–H groups in total. The van der Waals surface area contributed by atoms with Gasteiger partial charge in [0.15, 0.2) is 0 Å². The lowest BCUT2D eigenvalue weighted by Crippen LogP contribution is -2.22. The third-order valence-electron chi connectivity index (χ3n) is 1.82. The lowest BCUT2D eigenvalue weighted by Gasteiger charge is -2.13. The monoisotopic (exact) mass is 209 g/mol. The first-order valence-corrected chi connectivity index (χ1v) is 4.71. The van der Waals surface area contributed by atoms with E-state index in [4.69, 9.17) is 11.6 Å². The number of rotatable bonds is 3. The van der Waals surface area contributed by atoms with Gasteiger partial charge >= 0.3 is 0 Å². The van der Waals surface area contributed by atoms with E-state index in [1.54, 1.807) is 6.08 Å². The van der Waals surface area contributed by atoms with E-state index < -0.39 is 5.50 Å². The Morgan fingerprint density at radius 2 is 2.21 bits per heavy atom. The number of benzene rings is 1. The fraction of sp³-hybridized carbons (Fsp3) is 0.182. The van der Waals surface area contributed by atoms with Crippen molar-refractivity contribution in [3.05, 3.63) is 42.0 Å². The van der Waals surface area contributed by atoms with E-state index in [1.165, 1.54) is 6.92 Å². The van der Waals surface area contributed by atoms with Crippen LogP contribution in [0.15, 0.2) is 30.8 Å². The summed E-state index contributed by atoms with van der Waals surface area (Å²) in [6.07, 6.45) is 1.71. The quantitative estimate of drug-likeness (QED) is 0.602. The van der Waals surface area contributed by atoms with Gasteiger partial charge in [0.2, 0.25) is 5.91 Å². The molecule has 1 aromatic rings. The molecule has 1 amide bonds. The Morgan fingerprint density at radius 1 is 1.57 bits per heavy atom. The largest absolute Gasteiger partial charge is 0.336 e. The molecule has 74 valence electrons. The third kappa shape index (κ3) is 2.60. The number of halogens is 1. The van der Waals surface area contributed by atoms with Gasteiger partial charge in [-0.25, -0.2) is 0 Å². The summed E-state index contributed by atoms with van der Waals surface area (Å²) in [6, 6.07) is 7.54. The first-order valence-electron chi connectivity index (χ1n) is 4.27. The van der Waals surface area contributed by atoms with E-state index in [1.807, 2.05) is 24.3 Å². The van der Waals surface area contributed by atoms with Gasteiger partial charge in [0.05, 0.1) is 0 Å². The molecule has 1 aromatic carbocycles. The highest BCUT2D eigenvalue weighted by Crippen LogP contribution is 2.22. The van der Waals surface area contributed by atoms with Gasteiger partial charge < -0.3 is 5.32 Å². The molecule has 0 aliphatic heterocycles. The highest BCUT2D eigenvalue weighted by molar-refractivity contribution is 6.21. The molecule has 0 aliphatic carbocycles. The Kier molecular flexibility index (Phi) is 3.72. The summed E-state index contributed by atoms with van der Waals surface area (Å²) >= 11 is 6.01. The zero-order valence-corrected chi connectivity index (χ0v) is 8.71. The van der Waals surface area contributed by atoms with E-state index >= 15 is 0 Å². The van der Waals surface area contributed by atoms with Crippen LogP contribution in [0.2, 0.25) is 0 Å². The fourth-order valence-corrected chi connectivity index (χ4v) is 1.54. The molecule has 3 heteroatoms. The van der Waals surface area contributed by atoms with Gasteiger partial charge in [-0.2, -0.15) is 0 Å². The molecule has 0 bridgehead atoms. The van der Waals surface area contributed by atoms with E-state index in [0.29, 0.717) is 0 Å². The zero-order valence-electron chi connectivity index (χ0n) is 7.96. The Labute approximate surface area is 88.6 Å². The number of carbonyl (C=O) groups excluding carboxylic acids is 1. The van der Waals surface area contributed by atoms with E-state index in [9.17, 15) is 4.79 Å². The summed E-state index contributed by atoms with van der Waals surface area (Å²) in [7, 11) is 0. The molecule has 0 heterocycles. The minimum absolute atomic E-state index is 0.149. The third-order valence-corrected chi connectivity index (χ3v) is 2.16. The maximum Gasteiger partial charge on any atom is 0.218 e. The lowest BCUT2D eigenvalue weighted by atomic mass is 10.1. The van der Waals surface area contributed by atoms with Crippen molar-refractivity contribution in [3.63, 3.8) is 0 Å². The molecule has 0 fully saturated rings. The minimum atomic E-state index is -0.498. The lowest BCUT2D eigenvalue weighted by molar-refractivity contribution is -0.119. The Balaban J connectivity index is 2.93. The van der Waals surface area contributed by atoms with Crippen molar-refractivity contribution in [2.45, 2.75) is 12.4 Å². The van der Waals surface area contributed by atoms with Crippen LogP contribution in [0.25, 0.3) is 6.08 Å². The van der Waals surface area contributed by atoms with Crippen molar-refractivity contribution < 1.29 is 4.79 Å². The molecular weight excluding hydrogens is 198 g/mol. The molecule has 0 radical (unpaired) electrons. The molecule has 1 unspecified atom stereocenters. The smallest absolute Gasteiger partial charge is 0.218 e.